The molecular weight excluding hydrogens is 220 g/mol. The summed E-state index contributed by atoms with van der Waals surface area (Å²) in [5.74, 6) is 0.723. The van der Waals surface area contributed by atoms with Gasteiger partial charge in [0.2, 0.25) is 6.29 Å². The summed E-state index contributed by atoms with van der Waals surface area (Å²) in [6, 6.07) is 1.80. The summed E-state index contributed by atoms with van der Waals surface area (Å²) in [4.78, 5) is 8.72. The van der Waals surface area contributed by atoms with Gasteiger partial charge < -0.3 is 14.2 Å². The Hall–Kier alpha value is -1.04. The van der Waals surface area contributed by atoms with Crippen LogP contribution in [0.25, 0.3) is 0 Å². The van der Waals surface area contributed by atoms with Crippen LogP contribution >= 0.6 is 0 Å². The van der Waals surface area contributed by atoms with Gasteiger partial charge in [-0.15, -0.1) is 0 Å². The highest BCUT2D eigenvalue weighted by atomic mass is 16.7. The first kappa shape index (κ1) is 12.4. The summed E-state index contributed by atoms with van der Waals surface area (Å²) >= 11 is 0. The summed E-state index contributed by atoms with van der Waals surface area (Å²) < 4.78 is 16.0. The Morgan fingerprint density at radius 3 is 2.82 bits per heavy atom. The largest absolute Gasteiger partial charge is 0.370 e. The quantitative estimate of drug-likeness (QED) is 0.751. The molecule has 2 rings (SSSR count). The average molecular weight is 238 g/mol. The van der Waals surface area contributed by atoms with Crippen molar-refractivity contribution in [2.75, 3.05) is 20.8 Å². The third-order valence-electron chi connectivity index (χ3n) is 2.83. The molecule has 94 valence electrons. The van der Waals surface area contributed by atoms with Crippen molar-refractivity contribution in [3.63, 3.8) is 0 Å². The molecule has 0 spiro atoms. The summed E-state index contributed by atoms with van der Waals surface area (Å²) in [6.45, 7) is 0.788. The van der Waals surface area contributed by atoms with E-state index in [1.807, 2.05) is 0 Å². The van der Waals surface area contributed by atoms with Crippen LogP contribution in [0.5, 0.6) is 0 Å². The number of rotatable bonds is 4. The van der Waals surface area contributed by atoms with Crippen LogP contribution in [0.2, 0.25) is 0 Å². The van der Waals surface area contributed by atoms with Gasteiger partial charge in [-0.25, -0.2) is 9.97 Å². The van der Waals surface area contributed by atoms with Gasteiger partial charge in [0.25, 0.3) is 0 Å². The molecule has 0 radical (unpaired) electrons. The van der Waals surface area contributed by atoms with E-state index in [0.717, 1.165) is 37.4 Å². The molecule has 1 fully saturated rings. The zero-order chi connectivity index (χ0) is 12.1. The van der Waals surface area contributed by atoms with Crippen LogP contribution in [-0.4, -0.2) is 30.8 Å². The monoisotopic (exact) mass is 238 g/mol. The molecule has 1 unspecified atom stereocenters. The second-order valence-corrected chi connectivity index (χ2v) is 4.00. The van der Waals surface area contributed by atoms with Crippen LogP contribution in [0, 0.1) is 0 Å². The third kappa shape index (κ3) is 3.00. The van der Waals surface area contributed by atoms with Crippen molar-refractivity contribution in [3.05, 3.63) is 23.8 Å². The van der Waals surface area contributed by atoms with Gasteiger partial charge in [-0.1, -0.05) is 0 Å². The van der Waals surface area contributed by atoms with Crippen molar-refractivity contribution in [3.8, 4) is 0 Å². The Balaban J connectivity index is 2.15. The molecule has 0 saturated carbocycles. The molecule has 5 heteroatoms. The lowest BCUT2D eigenvalue weighted by Crippen LogP contribution is -2.16. The van der Waals surface area contributed by atoms with E-state index in [1.54, 1.807) is 26.5 Å². The number of ether oxygens (including phenoxy) is 3. The highest BCUT2D eigenvalue weighted by Crippen LogP contribution is 2.26. The summed E-state index contributed by atoms with van der Waals surface area (Å²) in [7, 11) is 3.18. The minimum absolute atomic E-state index is 0.0121. The molecule has 1 aliphatic rings. The van der Waals surface area contributed by atoms with Crippen molar-refractivity contribution in [2.45, 2.75) is 31.7 Å². The standard InChI is InChI=1S/C12H18N2O3/c1-15-12(16-2)9-6-7-13-11(14-9)10-5-3-4-8-17-10/h6-7,10,12H,3-5,8H2,1-2H3. The van der Waals surface area contributed by atoms with Crippen LogP contribution in [0.15, 0.2) is 12.3 Å². The molecule has 2 heterocycles. The number of hydrogen-bond donors (Lipinski definition) is 0. The number of aromatic nitrogens is 2. The van der Waals surface area contributed by atoms with E-state index in [-0.39, 0.29) is 6.10 Å². The Morgan fingerprint density at radius 2 is 2.18 bits per heavy atom. The van der Waals surface area contributed by atoms with E-state index < -0.39 is 6.29 Å². The number of nitrogens with zero attached hydrogens (tertiary/aromatic N) is 2. The highest BCUT2D eigenvalue weighted by Gasteiger charge is 2.20. The first-order valence-corrected chi connectivity index (χ1v) is 5.85. The average Bonchev–Trinajstić information content (AvgIpc) is 2.42. The van der Waals surface area contributed by atoms with E-state index in [9.17, 15) is 0 Å². The Labute approximate surface area is 101 Å². The third-order valence-corrected chi connectivity index (χ3v) is 2.83. The molecule has 17 heavy (non-hydrogen) atoms. The van der Waals surface area contributed by atoms with E-state index in [2.05, 4.69) is 9.97 Å². The SMILES string of the molecule is COC(OC)c1ccnc(C2CCCCO2)n1. The van der Waals surface area contributed by atoms with Gasteiger partial charge >= 0.3 is 0 Å². The lowest BCUT2D eigenvalue weighted by molar-refractivity contribution is -0.109. The van der Waals surface area contributed by atoms with Gasteiger partial charge in [0, 0.05) is 27.0 Å². The van der Waals surface area contributed by atoms with Gasteiger partial charge in [0.1, 0.15) is 11.8 Å². The van der Waals surface area contributed by atoms with Crippen LogP contribution in [0.1, 0.15) is 43.2 Å². The smallest absolute Gasteiger partial charge is 0.200 e. The van der Waals surface area contributed by atoms with Crippen LogP contribution in [0.4, 0.5) is 0 Å². The molecule has 5 nitrogen and oxygen atoms in total. The summed E-state index contributed by atoms with van der Waals surface area (Å²) in [6.07, 6.45) is 4.55. The molecule has 1 saturated heterocycles. The number of hydrogen-bond acceptors (Lipinski definition) is 5. The van der Waals surface area contributed by atoms with Gasteiger partial charge in [0.15, 0.2) is 5.82 Å². The zero-order valence-corrected chi connectivity index (χ0v) is 10.3. The predicted molar refractivity (Wildman–Crippen MR) is 61.3 cm³/mol. The van der Waals surface area contributed by atoms with E-state index in [4.69, 9.17) is 14.2 Å². The highest BCUT2D eigenvalue weighted by molar-refractivity contribution is 5.06. The van der Waals surface area contributed by atoms with Gasteiger partial charge in [-0.2, -0.15) is 0 Å². The molecule has 1 aliphatic heterocycles. The topological polar surface area (TPSA) is 53.5 Å². The molecule has 0 bridgehead atoms. The normalized spacial score (nSPS) is 20.8. The lowest BCUT2D eigenvalue weighted by Gasteiger charge is -2.22. The zero-order valence-electron chi connectivity index (χ0n) is 10.3. The Bertz CT molecular complexity index is 349. The minimum Gasteiger partial charge on any atom is -0.370 e. The van der Waals surface area contributed by atoms with Crippen LogP contribution < -0.4 is 0 Å². The van der Waals surface area contributed by atoms with E-state index in [1.165, 1.54) is 0 Å². The van der Waals surface area contributed by atoms with Crippen LogP contribution in [-0.2, 0) is 14.2 Å². The molecule has 0 N–H and O–H groups in total. The van der Waals surface area contributed by atoms with E-state index in [0.29, 0.717) is 0 Å². The Morgan fingerprint density at radius 1 is 1.35 bits per heavy atom. The molecular formula is C12H18N2O3. The second-order valence-electron chi connectivity index (χ2n) is 4.00. The Kier molecular flexibility index (Phi) is 4.42. The molecule has 0 aromatic carbocycles. The fourth-order valence-electron chi connectivity index (χ4n) is 1.96. The van der Waals surface area contributed by atoms with Crippen molar-refractivity contribution in [1.29, 1.82) is 0 Å². The number of methoxy groups -OCH3 is 2. The fourth-order valence-corrected chi connectivity index (χ4v) is 1.96. The van der Waals surface area contributed by atoms with Crippen molar-refractivity contribution in [2.24, 2.45) is 0 Å². The van der Waals surface area contributed by atoms with Crippen molar-refractivity contribution < 1.29 is 14.2 Å². The molecule has 0 amide bonds. The maximum Gasteiger partial charge on any atom is 0.200 e. The summed E-state index contributed by atoms with van der Waals surface area (Å²) in [5, 5.41) is 0. The van der Waals surface area contributed by atoms with E-state index >= 15 is 0 Å². The van der Waals surface area contributed by atoms with Gasteiger partial charge in [-0.05, 0) is 25.3 Å². The molecule has 1 aromatic rings. The lowest BCUT2D eigenvalue weighted by atomic mass is 10.1. The first-order valence-electron chi connectivity index (χ1n) is 5.85. The molecule has 1 aromatic heterocycles. The second kappa shape index (κ2) is 6.05. The predicted octanol–water partition coefficient (Wildman–Crippen LogP) is 2.01. The fraction of sp³-hybridized carbons (Fsp3) is 0.667. The first-order chi connectivity index (χ1) is 8.35. The van der Waals surface area contributed by atoms with Crippen LogP contribution in [0.3, 0.4) is 0 Å². The van der Waals surface area contributed by atoms with Crippen molar-refractivity contribution >= 4 is 0 Å². The van der Waals surface area contributed by atoms with Crippen molar-refractivity contribution in [1.82, 2.24) is 9.97 Å². The molecule has 1 atom stereocenters. The summed E-state index contributed by atoms with van der Waals surface area (Å²) in [5.41, 5.74) is 0.731. The maximum atomic E-state index is 5.66. The maximum absolute atomic E-state index is 5.66. The minimum atomic E-state index is -0.444. The van der Waals surface area contributed by atoms with Gasteiger partial charge in [-0.3, -0.25) is 0 Å². The molecule has 0 aliphatic carbocycles. The van der Waals surface area contributed by atoms with Gasteiger partial charge in [0.05, 0.1) is 0 Å².